The molecule has 0 spiro atoms. The molecule has 6 heteroatoms. The first-order valence-electron chi connectivity index (χ1n) is 6.03. The number of alkyl halides is 2. The van der Waals surface area contributed by atoms with Crippen LogP contribution in [0.4, 0.5) is 8.78 Å². The summed E-state index contributed by atoms with van der Waals surface area (Å²) in [6, 6.07) is 4.98. The van der Waals surface area contributed by atoms with Crippen molar-refractivity contribution < 1.29 is 8.78 Å². The zero-order valence-corrected chi connectivity index (χ0v) is 12.8. The van der Waals surface area contributed by atoms with Crippen LogP contribution in [0.2, 0.25) is 10.0 Å². The number of hydrogen-bond donors (Lipinski definition) is 0. The minimum absolute atomic E-state index is 0.377. The standard InChI is InChI=1S/C14H14Cl2F2N2/c1-14(2,3)12-10(7-20(19-12)13(17)18)9-5-4-8(15)6-11(9)16/h4-7,13H,1-3H3. The molecule has 2 aromatic rings. The molecule has 2 nitrogen and oxygen atoms in total. The number of hydrogen-bond acceptors (Lipinski definition) is 1. The van der Waals surface area contributed by atoms with Gasteiger partial charge in [-0.2, -0.15) is 13.9 Å². The number of rotatable bonds is 2. The lowest BCUT2D eigenvalue weighted by molar-refractivity contribution is 0.0558. The van der Waals surface area contributed by atoms with E-state index in [0.29, 0.717) is 31.5 Å². The zero-order valence-electron chi connectivity index (χ0n) is 11.3. The third-order valence-corrected chi connectivity index (χ3v) is 3.41. The van der Waals surface area contributed by atoms with E-state index >= 15 is 0 Å². The Morgan fingerprint density at radius 2 is 1.80 bits per heavy atom. The Kier molecular flexibility index (Phi) is 4.07. The fourth-order valence-corrected chi connectivity index (χ4v) is 2.46. The van der Waals surface area contributed by atoms with Crippen LogP contribution in [-0.4, -0.2) is 9.78 Å². The molecule has 2 rings (SSSR count). The van der Waals surface area contributed by atoms with Crippen LogP contribution in [0.3, 0.4) is 0 Å². The second-order valence-corrected chi connectivity index (χ2v) is 6.37. The molecule has 0 aliphatic rings. The fourth-order valence-electron chi connectivity index (χ4n) is 1.95. The first-order chi connectivity index (χ1) is 9.20. The van der Waals surface area contributed by atoms with Gasteiger partial charge in [0.05, 0.1) is 5.69 Å². The lowest BCUT2D eigenvalue weighted by Gasteiger charge is -2.18. The molecule has 0 amide bonds. The van der Waals surface area contributed by atoms with Crippen molar-refractivity contribution >= 4 is 23.2 Å². The number of benzene rings is 1. The van der Waals surface area contributed by atoms with Gasteiger partial charge in [-0.25, -0.2) is 4.68 Å². The van der Waals surface area contributed by atoms with Crippen molar-refractivity contribution in [1.82, 2.24) is 9.78 Å². The van der Waals surface area contributed by atoms with E-state index in [1.54, 1.807) is 18.2 Å². The van der Waals surface area contributed by atoms with Crippen molar-refractivity contribution in [3.8, 4) is 11.1 Å². The van der Waals surface area contributed by atoms with Crippen LogP contribution in [0.25, 0.3) is 11.1 Å². The van der Waals surface area contributed by atoms with E-state index in [-0.39, 0.29) is 5.41 Å². The van der Waals surface area contributed by atoms with Crippen molar-refractivity contribution in [2.45, 2.75) is 32.7 Å². The second kappa shape index (κ2) is 5.34. The van der Waals surface area contributed by atoms with E-state index in [9.17, 15) is 8.78 Å². The average Bonchev–Trinajstić information content (AvgIpc) is 2.73. The molecule has 0 atom stereocenters. The number of halogens is 4. The highest BCUT2D eigenvalue weighted by atomic mass is 35.5. The summed E-state index contributed by atoms with van der Waals surface area (Å²) in [6.45, 7) is 3.06. The summed E-state index contributed by atoms with van der Waals surface area (Å²) in [6.07, 6.45) is 1.32. The molecule has 20 heavy (non-hydrogen) atoms. The lowest BCUT2D eigenvalue weighted by atomic mass is 9.87. The van der Waals surface area contributed by atoms with Crippen LogP contribution < -0.4 is 0 Å². The van der Waals surface area contributed by atoms with Gasteiger partial charge in [0.1, 0.15) is 0 Å². The molecule has 0 radical (unpaired) electrons. The lowest BCUT2D eigenvalue weighted by Crippen LogP contribution is -2.14. The summed E-state index contributed by atoms with van der Waals surface area (Å²) in [4.78, 5) is 0. The Morgan fingerprint density at radius 1 is 1.15 bits per heavy atom. The van der Waals surface area contributed by atoms with Gasteiger partial charge in [-0.3, -0.25) is 0 Å². The van der Waals surface area contributed by atoms with Gasteiger partial charge in [0, 0.05) is 32.8 Å². The highest BCUT2D eigenvalue weighted by Crippen LogP contribution is 2.37. The SMILES string of the molecule is CC(C)(C)c1nn(C(F)F)cc1-c1ccc(Cl)cc1Cl. The molecule has 0 unspecified atom stereocenters. The smallest absolute Gasteiger partial charge is 0.211 e. The molecular formula is C14H14Cl2F2N2. The van der Waals surface area contributed by atoms with Crippen molar-refractivity contribution in [3.63, 3.8) is 0 Å². The van der Waals surface area contributed by atoms with E-state index in [1.165, 1.54) is 6.20 Å². The fraction of sp³-hybridized carbons (Fsp3) is 0.357. The maximum absolute atomic E-state index is 12.9. The molecule has 0 aliphatic heterocycles. The Labute approximate surface area is 126 Å². The summed E-state index contributed by atoms with van der Waals surface area (Å²) in [5.41, 5.74) is 1.44. The number of aromatic nitrogens is 2. The summed E-state index contributed by atoms with van der Waals surface area (Å²) in [5.74, 6) is 0. The molecule has 108 valence electrons. The molecule has 1 aromatic carbocycles. The van der Waals surface area contributed by atoms with Crippen LogP contribution in [0.15, 0.2) is 24.4 Å². The summed E-state index contributed by atoms with van der Waals surface area (Å²) in [7, 11) is 0. The predicted octanol–water partition coefficient (Wildman–Crippen LogP) is 5.55. The van der Waals surface area contributed by atoms with Crippen molar-refractivity contribution in [3.05, 3.63) is 40.1 Å². The minimum Gasteiger partial charge on any atom is -0.211 e. The molecule has 0 bridgehead atoms. The van der Waals surface area contributed by atoms with Gasteiger partial charge in [0.2, 0.25) is 0 Å². The third-order valence-electron chi connectivity index (χ3n) is 2.86. The Balaban J connectivity index is 2.66. The monoisotopic (exact) mass is 318 g/mol. The summed E-state index contributed by atoms with van der Waals surface area (Å²) < 4.78 is 26.4. The van der Waals surface area contributed by atoms with Gasteiger partial charge in [0.15, 0.2) is 0 Å². The minimum atomic E-state index is -2.68. The van der Waals surface area contributed by atoms with Gasteiger partial charge < -0.3 is 0 Å². The highest BCUT2D eigenvalue weighted by Gasteiger charge is 2.26. The van der Waals surface area contributed by atoms with Gasteiger partial charge in [0.25, 0.3) is 0 Å². The first-order valence-corrected chi connectivity index (χ1v) is 6.79. The van der Waals surface area contributed by atoms with Crippen LogP contribution in [-0.2, 0) is 5.41 Å². The summed E-state index contributed by atoms with van der Waals surface area (Å²) in [5, 5.41) is 4.91. The van der Waals surface area contributed by atoms with Gasteiger partial charge in [-0.1, -0.05) is 50.0 Å². The highest BCUT2D eigenvalue weighted by molar-refractivity contribution is 6.36. The first kappa shape index (κ1) is 15.3. The van der Waals surface area contributed by atoms with Gasteiger partial charge in [-0.15, -0.1) is 0 Å². The normalized spacial score (nSPS) is 12.2. The number of nitrogens with zero attached hydrogens (tertiary/aromatic N) is 2. The zero-order chi connectivity index (χ0) is 15.1. The second-order valence-electron chi connectivity index (χ2n) is 5.52. The molecule has 0 saturated heterocycles. The van der Waals surface area contributed by atoms with Crippen molar-refractivity contribution in [2.24, 2.45) is 0 Å². The molecule has 0 fully saturated rings. The van der Waals surface area contributed by atoms with Crippen LogP contribution in [0, 0.1) is 0 Å². The Bertz CT molecular complexity index is 631. The third kappa shape index (κ3) is 2.96. The molecule has 0 saturated carbocycles. The van der Waals surface area contributed by atoms with Crippen molar-refractivity contribution in [2.75, 3.05) is 0 Å². The molecule has 1 aromatic heterocycles. The maximum Gasteiger partial charge on any atom is 0.333 e. The van der Waals surface area contributed by atoms with E-state index in [1.807, 2.05) is 20.8 Å². The quantitative estimate of drug-likeness (QED) is 0.709. The van der Waals surface area contributed by atoms with Crippen LogP contribution in [0.5, 0.6) is 0 Å². The molecular weight excluding hydrogens is 305 g/mol. The van der Waals surface area contributed by atoms with E-state index in [0.717, 1.165) is 0 Å². The largest absolute Gasteiger partial charge is 0.333 e. The van der Waals surface area contributed by atoms with Crippen LogP contribution >= 0.6 is 23.2 Å². The molecule has 0 N–H and O–H groups in total. The predicted molar refractivity (Wildman–Crippen MR) is 77.6 cm³/mol. The average molecular weight is 319 g/mol. The topological polar surface area (TPSA) is 17.8 Å². The van der Waals surface area contributed by atoms with Gasteiger partial charge >= 0.3 is 6.55 Å². The van der Waals surface area contributed by atoms with E-state index in [4.69, 9.17) is 23.2 Å². The van der Waals surface area contributed by atoms with E-state index < -0.39 is 6.55 Å². The Hall–Kier alpha value is -1.13. The van der Waals surface area contributed by atoms with Gasteiger partial charge in [-0.05, 0) is 12.1 Å². The maximum atomic E-state index is 12.9. The van der Waals surface area contributed by atoms with E-state index in [2.05, 4.69) is 5.10 Å². The Morgan fingerprint density at radius 3 is 2.30 bits per heavy atom. The molecule has 1 heterocycles. The van der Waals surface area contributed by atoms with Crippen molar-refractivity contribution in [1.29, 1.82) is 0 Å². The van der Waals surface area contributed by atoms with Crippen LogP contribution in [0.1, 0.15) is 33.0 Å². The molecule has 0 aliphatic carbocycles. The summed E-state index contributed by atoms with van der Waals surface area (Å²) >= 11 is 12.0.